The molecule has 3 nitrogen and oxygen atoms in total. The molecule has 0 unspecified atom stereocenters. The Morgan fingerprint density at radius 2 is 1.11 bits per heavy atom. The van der Waals surface area contributed by atoms with E-state index >= 15 is 0 Å². The van der Waals surface area contributed by atoms with Crippen LogP contribution in [0.2, 0.25) is 0 Å². The number of hydrogen-bond acceptors (Lipinski definition) is 3. The molecule has 0 radical (unpaired) electrons. The molecular formula is C4F9IO3S. The molecule has 0 aliphatic carbocycles. The van der Waals surface area contributed by atoms with Crippen LogP contribution in [-0.2, 0) is 12.6 Å². The monoisotopic (exact) mass is 426 g/mol. The summed E-state index contributed by atoms with van der Waals surface area (Å²) < 4.78 is 132. The highest BCUT2D eigenvalue weighted by Crippen LogP contribution is 2.55. The second-order valence-electron chi connectivity index (χ2n) is 2.68. The molecule has 0 spiro atoms. The fourth-order valence-electron chi connectivity index (χ4n) is 0.557. The van der Waals surface area contributed by atoms with E-state index in [4.69, 9.17) is 0 Å². The van der Waals surface area contributed by atoms with Crippen molar-refractivity contribution in [1.29, 1.82) is 0 Å². The van der Waals surface area contributed by atoms with E-state index in [9.17, 15) is 47.9 Å². The molecule has 0 N–H and O–H groups in total. The smallest absolute Gasteiger partial charge is 0.194 e. The minimum Gasteiger partial charge on any atom is -0.194 e. The summed E-state index contributed by atoms with van der Waals surface area (Å²) in [6, 6.07) is 0. The third-order valence-electron chi connectivity index (χ3n) is 1.51. The summed E-state index contributed by atoms with van der Waals surface area (Å²) in [5.41, 5.74) is 0. The highest BCUT2D eigenvalue weighted by Gasteiger charge is 2.85. The molecule has 0 saturated heterocycles. The molecule has 0 fully saturated rings. The fourth-order valence-corrected chi connectivity index (χ4v) is 1.76. The van der Waals surface area contributed by atoms with E-state index in [1.165, 1.54) is 0 Å². The summed E-state index contributed by atoms with van der Waals surface area (Å²) in [4.78, 5) is 0. The average molecular weight is 426 g/mol. The quantitative estimate of drug-likeness (QED) is 0.513. The summed E-state index contributed by atoms with van der Waals surface area (Å²) in [6.07, 6.45) is -7.08. The summed E-state index contributed by atoms with van der Waals surface area (Å²) >= 11 is 0.117. The molecule has 0 aromatic rings. The van der Waals surface area contributed by atoms with Crippen LogP contribution in [0, 0.1) is 0 Å². The van der Waals surface area contributed by atoms with Crippen molar-refractivity contribution < 1.29 is 50.4 Å². The van der Waals surface area contributed by atoms with E-state index in [2.05, 4.69) is 2.51 Å². The first-order chi connectivity index (χ1) is 7.56. The van der Waals surface area contributed by atoms with Crippen molar-refractivity contribution in [2.75, 3.05) is 0 Å². The Kier molecular flexibility index (Phi) is 4.54. The lowest BCUT2D eigenvalue weighted by atomic mass is 10.1. The Hall–Kier alpha value is 0.01000. The normalized spacial score (nSPS) is 15.9. The summed E-state index contributed by atoms with van der Waals surface area (Å²) in [5.74, 6) is -14.5. The number of hydrogen-bond donors (Lipinski definition) is 0. The first-order valence-electron chi connectivity index (χ1n) is 3.31. The predicted octanol–water partition coefficient (Wildman–Crippen LogP) is 3.11. The first kappa shape index (κ1) is 18.0. The van der Waals surface area contributed by atoms with Crippen LogP contribution in [-0.4, -0.2) is 31.7 Å². The zero-order valence-electron chi connectivity index (χ0n) is 7.41. The molecule has 0 atom stereocenters. The van der Waals surface area contributed by atoms with Crippen LogP contribution in [0.15, 0.2) is 0 Å². The van der Waals surface area contributed by atoms with E-state index < -0.39 is 33.4 Å². The van der Waals surface area contributed by atoms with Crippen LogP contribution in [0.5, 0.6) is 0 Å². The molecule has 110 valence electrons. The fraction of sp³-hybridized carbons (Fsp3) is 1.00. The lowest BCUT2D eigenvalue weighted by molar-refractivity contribution is -0.382. The molecule has 0 saturated carbocycles. The van der Waals surface area contributed by atoms with Crippen molar-refractivity contribution in [2.45, 2.75) is 23.3 Å². The Morgan fingerprint density at radius 3 is 1.33 bits per heavy atom. The molecule has 0 aromatic heterocycles. The number of halogens is 10. The van der Waals surface area contributed by atoms with Gasteiger partial charge >= 0.3 is 33.4 Å². The molecule has 0 amide bonds. The molecule has 0 aromatic carbocycles. The van der Waals surface area contributed by atoms with Crippen LogP contribution in [0.3, 0.4) is 0 Å². The summed E-state index contributed by atoms with van der Waals surface area (Å²) in [5, 5.41) is -6.78. The standard InChI is InChI=1S/C4F9IO3S/c5-1(6,3(9,10)11)2(7,8)4(12,13)18(15,16)17-14. The molecule has 0 rings (SSSR count). The van der Waals surface area contributed by atoms with E-state index in [1.54, 1.807) is 0 Å². The van der Waals surface area contributed by atoms with E-state index in [-0.39, 0.29) is 23.0 Å². The van der Waals surface area contributed by atoms with E-state index in [0.717, 1.165) is 0 Å². The lowest BCUT2D eigenvalue weighted by Gasteiger charge is -2.32. The van der Waals surface area contributed by atoms with Crippen LogP contribution >= 0.6 is 23.0 Å². The summed E-state index contributed by atoms with van der Waals surface area (Å²) in [7, 11) is -6.68. The van der Waals surface area contributed by atoms with Gasteiger partial charge in [-0.3, -0.25) is 0 Å². The molecule has 0 bridgehead atoms. The molecule has 0 heterocycles. The van der Waals surface area contributed by atoms with Crippen LogP contribution in [0.4, 0.5) is 39.5 Å². The van der Waals surface area contributed by atoms with Crippen molar-refractivity contribution in [1.82, 2.24) is 0 Å². The maximum absolute atomic E-state index is 12.6. The number of rotatable bonds is 4. The molecule has 0 aliphatic rings. The van der Waals surface area contributed by atoms with Gasteiger partial charge in [0.2, 0.25) is 0 Å². The lowest BCUT2D eigenvalue weighted by Crippen LogP contribution is -2.63. The van der Waals surface area contributed by atoms with Crippen LogP contribution in [0.25, 0.3) is 0 Å². The second-order valence-corrected chi connectivity index (χ2v) is 5.31. The van der Waals surface area contributed by atoms with Gasteiger partial charge in [0.25, 0.3) is 0 Å². The SMILES string of the molecule is O=S(=O)(OI)C(F)(F)C(F)(F)C(F)(F)C(F)(F)F. The van der Waals surface area contributed by atoms with Gasteiger partial charge in [0.1, 0.15) is 23.0 Å². The van der Waals surface area contributed by atoms with Gasteiger partial charge in [0, 0.05) is 0 Å². The third kappa shape index (κ3) is 2.37. The molecular weight excluding hydrogens is 426 g/mol. The van der Waals surface area contributed by atoms with Crippen molar-refractivity contribution >= 4 is 33.1 Å². The number of alkyl halides is 9. The predicted molar refractivity (Wildman–Crippen MR) is 44.9 cm³/mol. The third-order valence-corrected chi connectivity index (χ3v) is 3.98. The van der Waals surface area contributed by atoms with Gasteiger partial charge in [-0.1, -0.05) is 0 Å². The maximum Gasteiger partial charge on any atom is 0.460 e. The van der Waals surface area contributed by atoms with E-state index in [0.29, 0.717) is 0 Å². The van der Waals surface area contributed by atoms with Crippen molar-refractivity contribution in [3.8, 4) is 0 Å². The van der Waals surface area contributed by atoms with Gasteiger partial charge < -0.3 is 0 Å². The largest absolute Gasteiger partial charge is 0.460 e. The second kappa shape index (κ2) is 4.53. The minimum absolute atomic E-state index is 0.117. The topological polar surface area (TPSA) is 43.4 Å². The van der Waals surface area contributed by atoms with Crippen LogP contribution < -0.4 is 0 Å². The van der Waals surface area contributed by atoms with Crippen molar-refractivity contribution in [3.05, 3.63) is 0 Å². The Labute approximate surface area is 107 Å². The van der Waals surface area contributed by atoms with Gasteiger partial charge in [0.15, 0.2) is 0 Å². The van der Waals surface area contributed by atoms with Crippen molar-refractivity contribution in [3.63, 3.8) is 0 Å². The first-order valence-corrected chi connectivity index (χ1v) is 5.60. The molecule has 14 heteroatoms. The van der Waals surface area contributed by atoms with Gasteiger partial charge in [0.05, 0.1) is 0 Å². The highest BCUT2D eigenvalue weighted by molar-refractivity contribution is 14.1. The van der Waals surface area contributed by atoms with Gasteiger partial charge in [-0.25, -0.2) is 0 Å². The maximum atomic E-state index is 12.6. The molecule has 0 aliphatic heterocycles. The van der Waals surface area contributed by atoms with Crippen LogP contribution in [0.1, 0.15) is 0 Å². The van der Waals surface area contributed by atoms with Gasteiger partial charge in [-0.05, 0) is 0 Å². The zero-order chi connectivity index (χ0) is 15.2. The Morgan fingerprint density at radius 1 is 0.778 bits per heavy atom. The Balaban J connectivity index is 5.96. The van der Waals surface area contributed by atoms with Crippen molar-refractivity contribution in [2.24, 2.45) is 0 Å². The zero-order valence-corrected chi connectivity index (χ0v) is 10.4. The summed E-state index contributed by atoms with van der Waals surface area (Å²) in [6.45, 7) is 0. The minimum atomic E-state index is -7.27. The Bertz CT molecular complexity index is 412. The average Bonchev–Trinajstić information content (AvgIpc) is 2.15. The van der Waals surface area contributed by atoms with Gasteiger partial charge in [-0.15, -0.1) is 0 Å². The van der Waals surface area contributed by atoms with Gasteiger partial charge in [-0.2, -0.15) is 50.4 Å². The van der Waals surface area contributed by atoms with E-state index in [1.807, 2.05) is 0 Å². The molecule has 18 heavy (non-hydrogen) atoms. The highest BCUT2D eigenvalue weighted by atomic mass is 127.